The summed E-state index contributed by atoms with van der Waals surface area (Å²) in [5, 5.41) is 57.2. The highest BCUT2D eigenvalue weighted by atomic mass is 16.7. The Balaban J connectivity index is 4.48. The molecule has 0 radical (unpaired) electrons. The molecule has 0 amide bonds. The van der Waals surface area contributed by atoms with Crippen molar-refractivity contribution in [3.05, 3.63) is 73.4 Å². The number of rotatable bonds is 6. The second-order valence-electron chi connectivity index (χ2n) is 6.46. The number of hydrogen-bond acceptors (Lipinski definition) is 11. The monoisotopic (exact) mass is 389 g/mol. The third-order valence-corrected chi connectivity index (χ3v) is 3.88. The van der Waals surface area contributed by atoms with Gasteiger partial charge in [-0.3, -0.25) is 55.4 Å². The Bertz CT molecular complexity index is 851. The first-order chi connectivity index (χ1) is 12.2. The maximum atomic E-state index is 11.7. The summed E-state index contributed by atoms with van der Waals surface area (Å²) in [4.78, 5) is 60.8. The van der Waals surface area contributed by atoms with Gasteiger partial charge in [0.2, 0.25) is 6.29 Å². The lowest BCUT2D eigenvalue weighted by molar-refractivity contribution is -0.610. The van der Waals surface area contributed by atoms with Crippen LogP contribution in [0.4, 0.5) is 0 Å². The number of aldehydes is 1. The van der Waals surface area contributed by atoms with E-state index in [0.717, 1.165) is 20.8 Å². The van der Waals surface area contributed by atoms with Crippen molar-refractivity contribution in [1.29, 1.82) is 0 Å². The second kappa shape index (κ2) is 6.46. The van der Waals surface area contributed by atoms with Crippen molar-refractivity contribution in [3.63, 3.8) is 0 Å². The molecule has 27 heavy (non-hydrogen) atoms. The van der Waals surface area contributed by atoms with Crippen molar-refractivity contribution in [2.75, 3.05) is 0 Å². The molecule has 0 fully saturated rings. The average molecular weight is 389 g/mol. The molecule has 146 valence electrons. The van der Waals surface area contributed by atoms with E-state index in [9.17, 15) is 55.4 Å². The molecule has 1 aliphatic carbocycles. The summed E-state index contributed by atoms with van der Waals surface area (Å²) in [5.41, 5.74) is -12.9. The summed E-state index contributed by atoms with van der Waals surface area (Å²) in [6, 6.07) is 0. The van der Waals surface area contributed by atoms with Crippen LogP contribution < -0.4 is 0 Å². The molecule has 0 saturated heterocycles. The van der Waals surface area contributed by atoms with Crippen molar-refractivity contribution >= 4 is 6.29 Å². The van der Waals surface area contributed by atoms with Crippen LogP contribution in [0.3, 0.4) is 0 Å². The minimum Gasteiger partial charge on any atom is -0.295 e. The standard InChI is InChI=1S/C11H11N5O11/c1-10(2,3)8-6(13(20)21)5(12(18)19)7(14(22)23)9(15(24)25)11(8,4-17)16(26)27/h4,8H,1-3H3. The largest absolute Gasteiger partial charge is 0.433 e. The summed E-state index contributed by atoms with van der Waals surface area (Å²) in [7, 11) is 0. The van der Waals surface area contributed by atoms with Crippen molar-refractivity contribution < 1.29 is 29.4 Å². The van der Waals surface area contributed by atoms with Gasteiger partial charge >= 0.3 is 28.3 Å². The Morgan fingerprint density at radius 3 is 1.48 bits per heavy atom. The number of nitrogens with zero attached hydrogens (tertiary/aromatic N) is 5. The number of carbonyl (C=O) groups is 1. The average Bonchev–Trinajstić information content (AvgIpc) is 2.49. The van der Waals surface area contributed by atoms with Crippen LogP contribution >= 0.6 is 0 Å². The Kier molecular flexibility index (Phi) is 5.07. The first-order valence-corrected chi connectivity index (χ1v) is 6.83. The minimum atomic E-state index is -3.59. The zero-order chi connectivity index (χ0) is 21.5. The van der Waals surface area contributed by atoms with Gasteiger partial charge in [0.25, 0.3) is 0 Å². The van der Waals surface area contributed by atoms with Gasteiger partial charge < -0.3 is 0 Å². The van der Waals surface area contributed by atoms with E-state index in [-0.39, 0.29) is 0 Å². The Morgan fingerprint density at radius 1 is 0.815 bits per heavy atom. The topological polar surface area (TPSA) is 233 Å². The van der Waals surface area contributed by atoms with E-state index < -0.39 is 70.6 Å². The lowest BCUT2D eigenvalue weighted by Crippen LogP contribution is -2.59. The Hall–Kier alpha value is -3.85. The van der Waals surface area contributed by atoms with Crippen molar-refractivity contribution in [2.24, 2.45) is 11.3 Å². The van der Waals surface area contributed by atoms with Gasteiger partial charge in [0.1, 0.15) is 0 Å². The number of hydrogen-bond donors (Lipinski definition) is 0. The van der Waals surface area contributed by atoms with Crippen LogP contribution in [0.5, 0.6) is 0 Å². The van der Waals surface area contributed by atoms with E-state index in [0.29, 0.717) is 0 Å². The van der Waals surface area contributed by atoms with Gasteiger partial charge in [-0.25, -0.2) is 0 Å². The first kappa shape index (κ1) is 21.2. The summed E-state index contributed by atoms with van der Waals surface area (Å²) in [6.45, 7) is 3.32. The Labute approximate surface area is 147 Å². The van der Waals surface area contributed by atoms with Gasteiger partial charge in [-0.2, -0.15) is 0 Å². The molecule has 0 aromatic carbocycles. The minimum absolute atomic E-state index is 0.634. The SMILES string of the molecule is CC(C)(C)C1C([N+](=O)[O-])=C([N+](=O)[O-])C([N+](=O)[O-])=C([N+](=O)[O-])C1(C=O)[N+](=O)[O-]. The van der Waals surface area contributed by atoms with E-state index in [4.69, 9.17) is 0 Å². The van der Waals surface area contributed by atoms with Crippen molar-refractivity contribution in [2.45, 2.75) is 26.3 Å². The van der Waals surface area contributed by atoms with Crippen LogP contribution in [0.25, 0.3) is 0 Å². The van der Waals surface area contributed by atoms with Gasteiger partial charge in [0.15, 0.2) is 5.92 Å². The van der Waals surface area contributed by atoms with Gasteiger partial charge in [-0.15, -0.1) is 0 Å². The lowest BCUT2D eigenvalue weighted by Gasteiger charge is -2.34. The van der Waals surface area contributed by atoms with Gasteiger partial charge in [-0.05, 0) is 5.41 Å². The number of carbonyl (C=O) groups excluding carboxylic acids is 1. The molecule has 16 nitrogen and oxygen atoms in total. The maximum absolute atomic E-state index is 11.7. The molecule has 1 aliphatic rings. The molecule has 1 rings (SSSR count). The van der Waals surface area contributed by atoms with Crippen LogP contribution in [0.1, 0.15) is 20.8 Å². The van der Waals surface area contributed by atoms with Gasteiger partial charge in [0, 0.05) is 4.92 Å². The van der Waals surface area contributed by atoms with Crippen LogP contribution in [-0.2, 0) is 4.79 Å². The highest BCUT2D eigenvalue weighted by Crippen LogP contribution is 2.50. The molecular weight excluding hydrogens is 378 g/mol. The molecule has 0 N–H and O–H groups in total. The predicted molar refractivity (Wildman–Crippen MR) is 80.8 cm³/mol. The van der Waals surface area contributed by atoms with Gasteiger partial charge in [0.05, 0.1) is 19.7 Å². The summed E-state index contributed by atoms with van der Waals surface area (Å²) < 4.78 is 0. The summed E-state index contributed by atoms with van der Waals surface area (Å²) >= 11 is 0. The number of nitro groups is 5. The molecular formula is C11H11N5O11. The van der Waals surface area contributed by atoms with E-state index in [2.05, 4.69) is 0 Å². The molecule has 0 bridgehead atoms. The molecule has 0 saturated carbocycles. The smallest absolute Gasteiger partial charge is 0.295 e. The molecule has 2 atom stereocenters. The highest BCUT2D eigenvalue weighted by Gasteiger charge is 2.78. The van der Waals surface area contributed by atoms with Crippen molar-refractivity contribution in [3.8, 4) is 0 Å². The van der Waals surface area contributed by atoms with Crippen molar-refractivity contribution in [1.82, 2.24) is 0 Å². The van der Waals surface area contributed by atoms with E-state index in [1.165, 1.54) is 0 Å². The van der Waals surface area contributed by atoms with Crippen LogP contribution in [0.15, 0.2) is 22.8 Å². The highest BCUT2D eigenvalue weighted by molar-refractivity contribution is 5.71. The fourth-order valence-corrected chi connectivity index (χ4v) is 3.11. The zero-order valence-electron chi connectivity index (χ0n) is 13.9. The molecule has 0 heterocycles. The molecule has 0 aromatic rings. The van der Waals surface area contributed by atoms with Crippen LogP contribution in [0.2, 0.25) is 0 Å². The molecule has 16 heteroatoms. The summed E-state index contributed by atoms with van der Waals surface area (Å²) in [6.07, 6.45) is -0.634. The first-order valence-electron chi connectivity index (χ1n) is 6.83. The van der Waals surface area contributed by atoms with E-state index in [1.54, 1.807) is 0 Å². The second-order valence-corrected chi connectivity index (χ2v) is 6.46. The predicted octanol–water partition coefficient (Wildman–Crippen LogP) is 0.407. The maximum Gasteiger partial charge on any atom is 0.433 e. The fourth-order valence-electron chi connectivity index (χ4n) is 3.11. The van der Waals surface area contributed by atoms with Crippen LogP contribution in [-0.4, -0.2) is 36.4 Å². The van der Waals surface area contributed by atoms with Gasteiger partial charge in [-0.1, -0.05) is 20.8 Å². The van der Waals surface area contributed by atoms with E-state index in [1.807, 2.05) is 0 Å². The fraction of sp³-hybridized carbons (Fsp3) is 0.545. The Morgan fingerprint density at radius 2 is 1.26 bits per heavy atom. The third kappa shape index (κ3) is 2.96. The molecule has 0 aromatic heterocycles. The normalized spacial score (nSPS) is 23.0. The lowest BCUT2D eigenvalue weighted by atomic mass is 9.63. The van der Waals surface area contributed by atoms with Crippen LogP contribution in [0, 0.1) is 61.9 Å². The summed E-state index contributed by atoms with van der Waals surface area (Å²) in [5.74, 6) is -2.35. The third-order valence-electron chi connectivity index (χ3n) is 3.88. The molecule has 2 unspecified atom stereocenters. The molecule has 0 spiro atoms. The molecule has 0 aliphatic heterocycles. The quantitative estimate of drug-likeness (QED) is 0.342. The zero-order valence-corrected chi connectivity index (χ0v) is 13.9. The van der Waals surface area contributed by atoms with E-state index >= 15 is 0 Å².